The Balaban J connectivity index is 1.45. The summed E-state index contributed by atoms with van der Waals surface area (Å²) in [5.74, 6) is 0.744. The first-order valence-electron chi connectivity index (χ1n) is 9.12. The van der Waals surface area contributed by atoms with E-state index in [2.05, 4.69) is 9.89 Å². The van der Waals surface area contributed by atoms with Crippen LogP contribution in [0.4, 0.5) is 5.69 Å². The lowest BCUT2D eigenvalue weighted by atomic mass is 10.1. The zero-order valence-corrected chi connectivity index (χ0v) is 15.6. The number of aliphatic hydroxyl groups excluding tert-OH is 1. The Hall–Kier alpha value is -1.88. The number of hydrogen-bond acceptors (Lipinski definition) is 4. The third-order valence-corrected chi connectivity index (χ3v) is 4.68. The monoisotopic (exact) mass is 372 g/mol. The number of aliphatic imine (C=N–C) groups is 1. The first-order valence-corrected chi connectivity index (χ1v) is 9.50. The molecule has 0 aliphatic carbocycles. The fourth-order valence-electron chi connectivity index (χ4n) is 3.01. The van der Waals surface area contributed by atoms with Gasteiger partial charge in [-0.2, -0.15) is 0 Å². The van der Waals surface area contributed by atoms with Crippen LogP contribution >= 0.6 is 11.6 Å². The van der Waals surface area contributed by atoms with Gasteiger partial charge in [0.25, 0.3) is 0 Å². The number of nitrogens with zero attached hydrogens (tertiary/aromatic N) is 2. The van der Waals surface area contributed by atoms with E-state index in [1.54, 1.807) is 6.21 Å². The van der Waals surface area contributed by atoms with E-state index < -0.39 is 6.10 Å². The van der Waals surface area contributed by atoms with Gasteiger partial charge < -0.3 is 14.7 Å². The molecule has 0 amide bonds. The van der Waals surface area contributed by atoms with Crippen molar-refractivity contribution in [1.29, 1.82) is 0 Å². The molecule has 4 nitrogen and oxygen atoms in total. The predicted molar refractivity (Wildman–Crippen MR) is 107 cm³/mol. The molecule has 5 heteroatoms. The number of halogens is 1. The second-order valence-electron chi connectivity index (χ2n) is 6.63. The summed E-state index contributed by atoms with van der Waals surface area (Å²) in [4.78, 5) is 6.75. The second-order valence-corrected chi connectivity index (χ2v) is 7.07. The number of ether oxygens (including phenoxy) is 1. The van der Waals surface area contributed by atoms with Crippen LogP contribution in [0.15, 0.2) is 53.5 Å². The summed E-state index contributed by atoms with van der Waals surface area (Å²) in [5.41, 5.74) is 1.84. The van der Waals surface area contributed by atoms with E-state index in [0.717, 1.165) is 30.1 Å². The Morgan fingerprint density at radius 2 is 1.73 bits per heavy atom. The second kappa shape index (κ2) is 9.72. The molecule has 0 unspecified atom stereocenters. The van der Waals surface area contributed by atoms with Crippen molar-refractivity contribution in [3.63, 3.8) is 0 Å². The lowest BCUT2D eigenvalue weighted by Crippen LogP contribution is -2.38. The highest BCUT2D eigenvalue weighted by Crippen LogP contribution is 2.19. The molecule has 2 aromatic carbocycles. The third-order valence-electron chi connectivity index (χ3n) is 4.43. The van der Waals surface area contributed by atoms with Crippen molar-refractivity contribution in [3.8, 4) is 5.75 Å². The van der Waals surface area contributed by atoms with Crippen LogP contribution in [0.2, 0.25) is 5.02 Å². The highest BCUT2D eigenvalue weighted by Gasteiger charge is 2.14. The Labute approximate surface area is 160 Å². The SMILES string of the molecule is O[C@@H](COc1ccc(N=Cc2ccc(Cl)cc2)cc1)CN1CCCCC1. The third kappa shape index (κ3) is 6.13. The van der Waals surface area contributed by atoms with Crippen LogP contribution in [0.25, 0.3) is 0 Å². The van der Waals surface area contributed by atoms with Gasteiger partial charge in [-0.25, -0.2) is 0 Å². The van der Waals surface area contributed by atoms with Crippen molar-refractivity contribution in [2.75, 3.05) is 26.2 Å². The van der Waals surface area contributed by atoms with E-state index in [1.165, 1.54) is 19.3 Å². The summed E-state index contributed by atoms with van der Waals surface area (Å²) >= 11 is 5.87. The van der Waals surface area contributed by atoms with Gasteiger partial charge in [0.2, 0.25) is 0 Å². The molecule has 1 atom stereocenters. The smallest absolute Gasteiger partial charge is 0.119 e. The lowest BCUT2D eigenvalue weighted by Gasteiger charge is -2.28. The van der Waals surface area contributed by atoms with Crippen LogP contribution in [0.5, 0.6) is 5.75 Å². The molecule has 138 valence electrons. The first kappa shape index (κ1) is 18.9. The van der Waals surface area contributed by atoms with Crippen LogP contribution in [-0.4, -0.2) is 48.6 Å². The van der Waals surface area contributed by atoms with Gasteiger partial charge in [-0.15, -0.1) is 0 Å². The molecule has 1 aliphatic rings. The molecule has 1 saturated heterocycles. The summed E-state index contributed by atoms with van der Waals surface area (Å²) in [6.07, 6.45) is 5.09. The van der Waals surface area contributed by atoms with Crippen molar-refractivity contribution in [2.24, 2.45) is 4.99 Å². The normalized spacial score (nSPS) is 16.7. The molecule has 0 spiro atoms. The van der Waals surface area contributed by atoms with Crippen LogP contribution in [0, 0.1) is 0 Å². The number of piperidine rings is 1. The number of rotatable bonds is 7. The van der Waals surface area contributed by atoms with Crippen LogP contribution < -0.4 is 4.74 Å². The van der Waals surface area contributed by atoms with Crippen molar-refractivity contribution in [1.82, 2.24) is 4.90 Å². The zero-order chi connectivity index (χ0) is 18.2. The predicted octanol–water partition coefficient (Wildman–Crippen LogP) is 4.32. The minimum absolute atomic E-state index is 0.309. The summed E-state index contributed by atoms with van der Waals surface area (Å²) in [5, 5.41) is 10.9. The van der Waals surface area contributed by atoms with Crippen LogP contribution in [0.1, 0.15) is 24.8 Å². The standard InChI is InChI=1S/C21H25ClN2O2/c22-18-6-4-17(5-7-18)14-23-19-8-10-21(11-9-19)26-16-20(25)15-24-12-2-1-3-13-24/h4-11,14,20,25H,1-3,12-13,15-16H2/t20-/m1/s1. The maximum absolute atomic E-state index is 10.1. The van der Waals surface area contributed by atoms with Gasteiger partial charge in [-0.05, 0) is 67.9 Å². The van der Waals surface area contributed by atoms with Crippen molar-refractivity contribution in [2.45, 2.75) is 25.4 Å². The van der Waals surface area contributed by atoms with Gasteiger partial charge in [0.1, 0.15) is 18.5 Å². The number of hydrogen-bond donors (Lipinski definition) is 1. The first-order chi connectivity index (χ1) is 12.7. The number of β-amino-alcohol motifs (C(OH)–C–C–N with tert-alkyl or cyclic N) is 1. The highest BCUT2D eigenvalue weighted by molar-refractivity contribution is 6.30. The van der Waals surface area contributed by atoms with Crippen molar-refractivity contribution < 1.29 is 9.84 Å². The zero-order valence-electron chi connectivity index (χ0n) is 14.9. The largest absolute Gasteiger partial charge is 0.491 e. The van der Waals surface area contributed by atoms with E-state index in [-0.39, 0.29) is 0 Å². The maximum atomic E-state index is 10.1. The average Bonchev–Trinajstić information content (AvgIpc) is 2.67. The van der Waals surface area contributed by atoms with Gasteiger partial charge in [-0.1, -0.05) is 30.2 Å². The molecule has 0 bridgehead atoms. The highest BCUT2D eigenvalue weighted by atomic mass is 35.5. The van der Waals surface area contributed by atoms with Crippen molar-refractivity contribution >= 4 is 23.5 Å². The van der Waals surface area contributed by atoms with E-state index >= 15 is 0 Å². The Morgan fingerprint density at radius 1 is 1.04 bits per heavy atom. The van der Waals surface area contributed by atoms with E-state index in [4.69, 9.17) is 16.3 Å². The minimum atomic E-state index is -0.462. The average molecular weight is 373 g/mol. The molecule has 3 rings (SSSR count). The summed E-state index contributed by atoms with van der Waals surface area (Å²) < 4.78 is 5.70. The molecule has 2 aromatic rings. The minimum Gasteiger partial charge on any atom is -0.491 e. The summed E-state index contributed by atoms with van der Waals surface area (Å²) in [6, 6.07) is 15.1. The van der Waals surface area contributed by atoms with E-state index in [9.17, 15) is 5.11 Å². The molecule has 1 aliphatic heterocycles. The Morgan fingerprint density at radius 3 is 2.42 bits per heavy atom. The number of aliphatic hydroxyl groups is 1. The van der Waals surface area contributed by atoms with Gasteiger partial charge >= 0.3 is 0 Å². The molecule has 1 N–H and O–H groups in total. The quantitative estimate of drug-likeness (QED) is 0.736. The topological polar surface area (TPSA) is 45.1 Å². The summed E-state index contributed by atoms with van der Waals surface area (Å²) in [7, 11) is 0. The van der Waals surface area contributed by atoms with Gasteiger partial charge in [0.05, 0.1) is 5.69 Å². The molecule has 0 aromatic heterocycles. The molecule has 0 saturated carbocycles. The number of benzene rings is 2. The molecule has 0 radical (unpaired) electrons. The molecular weight excluding hydrogens is 348 g/mol. The van der Waals surface area contributed by atoms with E-state index in [1.807, 2.05) is 48.5 Å². The molecule has 1 heterocycles. The Kier molecular flexibility index (Phi) is 7.06. The van der Waals surface area contributed by atoms with Crippen LogP contribution in [-0.2, 0) is 0 Å². The molecule has 26 heavy (non-hydrogen) atoms. The van der Waals surface area contributed by atoms with E-state index in [0.29, 0.717) is 18.2 Å². The van der Waals surface area contributed by atoms with Gasteiger partial charge in [0, 0.05) is 17.8 Å². The fraction of sp³-hybridized carbons (Fsp3) is 0.381. The molecular formula is C21H25ClN2O2. The molecule has 1 fully saturated rings. The van der Waals surface area contributed by atoms with Crippen LogP contribution in [0.3, 0.4) is 0 Å². The maximum Gasteiger partial charge on any atom is 0.119 e. The summed E-state index contributed by atoms with van der Waals surface area (Å²) in [6.45, 7) is 3.15. The fourth-order valence-corrected chi connectivity index (χ4v) is 3.14. The Bertz CT molecular complexity index is 695. The van der Waals surface area contributed by atoms with Gasteiger partial charge in [-0.3, -0.25) is 4.99 Å². The number of likely N-dealkylation sites (tertiary alicyclic amines) is 1. The lowest BCUT2D eigenvalue weighted by molar-refractivity contribution is 0.0617. The van der Waals surface area contributed by atoms with Gasteiger partial charge in [0.15, 0.2) is 0 Å². The van der Waals surface area contributed by atoms with Crippen molar-refractivity contribution in [3.05, 3.63) is 59.1 Å².